The number of nitrogens with zero attached hydrogens (tertiary/aromatic N) is 1. The molecule has 0 saturated carbocycles. The third kappa shape index (κ3) is 41.3. The molecule has 0 N–H and O–H groups in total. The molecule has 0 rings (SSSR count). The Hall–Kier alpha value is -2.29. The average molecular weight is 808 g/mol. The SMILES string of the molecule is CC/C=C\C/C=C\C/C=C\C/C=C\CCCCCCC(=O)OC[C@H](COP(=O)([O-])OCC[N+](C)(C)C)OC(=O)CCCCCCCCC/C=C\CCCCCC. The van der Waals surface area contributed by atoms with Gasteiger partial charge in [0.2, 0.25) is 0 Å². The van der Waals surface area contributed by atoms with Crippen molar-refractivity contribution in [2.45, 2.75) is 174 Å². The Morgan fingerprint density at radius 2 is 1.02 bits per heavy atom. The smallest absolute Gasteiger partial charge is 0.306 e. The van der Waals surface area contributed by atoms with E-state index in [1.54, 1.807) is 0 Å². The summed E-state index contributed by atoms with van der Waals surface area (Å²) in [5.74, 6) is -0.871. The summed E-state index contributed by atoms with van der Waals surface area (Å²) in [5, 5.41) is 0. The largest absolute Gasteiger partial charge is 0.756 e. The van der Waals surface area contributed by atoms with Gasteiger partial charge in [0.1, 0.15) is 19.8 Å². The molecule has 0 heterocycles. The van der Waals surface area contributed by atoms with Crippen LogP contribution in [-0.2, 0) is 32.7 Å². The van der Waals surface area contributed by atoms with Crippen LogP contribution >= 0.6 is 7.82 Å². The van der Waals surface area contributed by atoms with Crippen LogP contribution < -0.4 is 4.89 Å². The van der Waals surface area contributed by atoms with Gasteiger partial charge in [-0.05, 0) is 77.0 Å². The molecule has 0 aliphatic heterocycles. The average Bonchev–Trinajstić information content (AvgIpc) is 3.15. The number of phosphoric ester groups is 1. The standard InChI is InChI=1S/C46H82NO8P/c1-6-8-10-12-14-16-18-20-22-23-25-26-28-30-32-34-36-38-45(48)52-42-44(43-54-56(50,51)53-41-40-47(3,4)5)55-46(49)39-37-35-33-31-29-27-24-21-19-17-15-13-11-9-7-2/h8,10,14,16-17,19-20,22,25-26,44H,6-7,9,11-13,15,18,21,23-24,27-43H2,1-5H3/b10-8-,16-14-,19-17-,22-20-,26-25-/t44-/m1/s1. The molecule has 0 aromatic rings. The van der Waals surface area contributed by atoms with Crippen LogP contribution in [0.15, 0.2) is 60.8 Å². The Balaban J connectivity index is 4.42. The first-order valence-electron chi connectivity index (χ1n) is 22.0. The number of allylic oxidation sites excluding steroid dienone is 10. The number of ether oxygens (including phenoxy) is 2. The molecule has 0 aromatic heterocycles. The van der Waals surface area contributed by atoms with Gasteiger partial charge in [-0.2, -0.15) is 0 Å². The Morgan fingerprint density at radius 3 is 1.54 bits per heavy atom. The molecule has 324 valence electrons. The van der Waals surface area contributed by atoms with Crippen molar-refractivity contribution in [2.75, 3.05) is 47.5 Å². The number of carbonyl (C=O) groups is 2. The lowest BCUT2D eigenvalue weighted by Gasteiger charge is -2.28. The highest BCUT2D eigenvalue weighted by atomic mass is 31.2. The van der Waals surface area contributed by atoms with Crippen LogP contribution in [0.1, 0.15) is 168 Å². The molecule has 0 fully saturated rings. The molecule has 9 nitrogen and oxygen atoms in total. The number of rotatable bonds is 39. The topological polar surface area (TPSA) is 111 Å². The Morgan fingerprint density at radius 1 is 0.571 bits per heavy atom. The molecule has 0 bridgehead atoms. The maximum atomic E-state index is 12.7. The van der Waals surface area contributed by atoms with Crippen molar-refractivity contribution in [1.82, 2.24) is 0 Å². The van der Waals surface area contributed by atoms with Gasteiger partial charge in [0, 0.05) is 12.8 Å². The van der Waals surface area contributed by atoms with Crippen LogP contribution in [0.5, 0.6) is 0 Å². The summed E-state index contributed by atoms with van der Waals surface area (Å²) in [6.45, 7) is 4.05. The molecule has 0 radical (unpaired) electrons. The molecule has 2 atom stereocenters. The fourth-order valence-corrected chi connectivity index (χ4v) is 6.31. The highest BCUT2D eigenvalue weighted by molar-refractivity contribution is 7.45. The zero-order valence-corrected chi connectivity index (χ0v) is 37.2. The summed E-state index contributed by atoms with van der Waals surface area (Å²) in [5.41, 5.74) is 0. The van der Waals surface area contributed by atoms with E-state index in [-0.39, 0.29) is 26.1 Å². The maximum Gasteiger partial charge on any atom is 0.306 e. The van der Waals surface area contributed by atoms with Crippen LogP contribution in [0, 0.1) is 0 Å². The van der Waals surface area contributed by atoms with Crippen LogP contribution in [-0.4, -0.2) is 70.0 Å². The third-order valence-corrected chi connectivity index (χ3v) is 9.99. The second-order valence-electron chi connectivity index (χ2n) is 15.7. The molecule has 0 aromatic carbocycles. The normalized spacial score (nSPS) is 14.2. The molecule has 1 unspecified atom stereocenters. The van der Waals surface area contributed by atoms with Crippen molar-refractivity contribution in [3.8, 4) is 0 Å². The lowest BCUT2D eigenvalue weighted by atomic mass is 10.1. The first kappa shape index (κ1) is 53.7. The molecule has 0 aliphatic carbocycles. The van der Waals surface area contributed by atoms with Crippen LogP contribution in [0.2, 0.25) is 0 Å². The summed E-state index contributed by atoms with van der Waals surface area (Å²) < 4.78 is 33.9. The second kappa shape index (κ2) is 38.2. The van der Waals surface area contributed by atoms with Gasteiger partial charge in [-0.3, -0.25) is 14.2 Å². The van der Waals surface area contributed by atoms with Crippen LogP contribution in [0.3, 0.4) is 0 Å². The highest BCUT2D eigenvalue weighted by Gasteiger charge is 2.21. The van der Waals surface area contributed by atoms with E-state index >= 15 is 0 Å². The van der Waals surface area contributed by atoms with Crippen LogP contribution in [0.4, 0.5) is 0 Å². The maximum absolute atomic E-state index is 12.7. The highest BCUT2D eigenvalue weighted by Crippen LogP contribution is 2.38. The lowest BCUT2D eigenvalue weighted by molar-refractivity contribution is -0.870. The molecule has 0 saturated heterocycles. The van der Waals surface area contributed by atoms with Gasteiger partial charge in [-0.25, -0.2) is 0 Å². The van der Waals surface area contributed by atoms with E-state index in [1.807, 2.05) is 21.1 Å². The van der Waals surface area contributed by atoms with Gasteiger partial charge in [0.05, 0.1) is 27.7 Å². The predicted octanol–water partition coefficient (Wildman–Crippen LogP) is 11.8. The van der Waals surface area contributed by atoms with Gasteiger partial charge in [0.25, 0.3) is 7.82 Å². The van der Waals surface area contributed by atoms with E-state index in [9.17, 15) is 19.0 Å². The van der Waals surface area contributed by atoms with Gasteiger partial charge in [-0.15, -0.1) is 0 Å². The number of unbranched alkanes of at least 4 members (excludes halogenated alkanes) is 15. The Labute approximate surface area is 343 Å². The number of likely N-dealkylation sites (N-methyl/N-ethyl adjacent to an activating group) is 1. The Bertz CT molecular complexity index is 1140. The minimum absolute atomic E-state index is 0.0383. The lowest BCUT2D eigenvalue weighted by Crippen LogP contribution is -2.37. The number of phosphoric acid groups is 1. The van der Waals surface area contributed by atoms with E-state index in [0.29, 0.717) is 23.9 Å². The van der Waals surface area contributed by atoms with E-state index in [0.717, 1.165) is 77.0 Å². The quantitative estimate of drug-likeness (QED) is 0.0198. The number of carbonyl (C=O) groups excluding carboxylic acids is 2. The fraction of sp³-hybridized carbons (Fsp3) is 0.739. The number of esters is 2. The van der Waals surface area contributed by atoms with E-state index in [1.165, 1.54) is 51.4 Å². The number of hydrogen-bond donors (Lipinski definition) is 0. The molecule has 10 heteroatoms. The summed E-state index contributed by atoms with van der Waals surface area (Å²) in [6.07, 6.45) is 45.3. The monoisotopic (exact) mass is 808 g/mol. The summed E-state index contributed by atoms with van der Waals surface area (Å²) in [4.78, 5) is 37.5. The van der Waals surface area contributed by atoms with Gasteiger partial charge in [0.15, 0.2) is 6.10 Å². The molecule has 0 aliphatic rings. The molecular weight excluding hydrogens is 725 g/mol. The molecular formula is C46H82NO8P. The molecule has 56 heavy (non-hydrogen) atoms. The van der Waals surface area contributed by atoms with E-state index in [2.05, 4.69) is 74.6 Å². The zero-order chi connectivity index (χ0) is 41.4. The fourth-order valence-electron chi connectivity index (χ4n) is 5.58. The Kier molecular flexibility index (Phi) is 36.7. The van der Waals surface area contributed by atoms with Crippen molar-refractivity contribution in [3.63, 3.8) is 0 Å². The first-order chi connectivity index (χ1) is 27.0. The van der Waals surface area contributed by atoms with Crippen molar-refractivity contribution in [2.24, 2.45) is 0 Å². The summed E-state index contributed by atoms with van der Waals surface area (Å²) in [6, 6.07) is 0. The summed E-state index contributed by atoms with van der Waals surface area (Å²) >= 11 is 0. The van der Waals surface area contributed by atoms with Crippen molar-refractivity contribution >= 4 is 19.8 Å². The van der Waals surface area contributed by atoms with Gasteiger partial charge >= 0.3 is 11.9 Å². The summed E-state index contributed by atoms with van der Waals surface area (Å²) in [7, 11) is 1.14. The van der Waals surface area contributed by atoms with Crippen molar-refractivity contribution in [1.29, 1.82) is 0 Å². The third-order valence-electron chi connectivity index (χ3n) is 9.02. The minimum Gasteiger partial charge on any atom is -0.756 e. The zero-order valence-electron chi connectivity index (χ0n) is 36.3. The molecule has 0 spiro atoms. The van der Waals surface area contributed by atoms with Crippen LogP contribution in [0.25, 0.3) is 0 Å². The number of hydrogen-bond acceptors (Lipinski definition) is 8. The van der Waals surface area contributed by atoms with E-state index in [4.69, 9.17) is 18.5 Å². The molecule has 0 amide bonds. The van der Waals surface area contributed by atoms with Gasteiger partial charge < -0.3 is 27.9 Å². The first-order valence-corrected chi connectivity index (χ1v) is 23.5. The van der Waals surface area contributed by atoms with Gasteiger partial charge in [-0.1, -0.05) is 139 Å². The van der Waals surface area contributed by atoms with Crippen molar-refractivity contribution in [3.05, 3.63) is 60.8 Å². The predicted molar refractivity (Wildman–Crippen MR) is 231 cm³/mol. The minimum atomic E-state index is -4.63. The second-order valence-corrected chi connectivity index (χ2v) is 17.1. The van der Waals surface area contributed by atoms with Crippen molar-refractivity contribution < 1.29 is 42.1 Å². The number of quaternary nitrogens is 1. The van der Waals surface area contributed by atoms with E-state index < -0.39 is 32.5 Å².